The predicted molar refractivity (Wildman–Crippen MR) is 91.0 cm³/mol. The molecule has 2 unspecified atom stereocenters. The highest BCUT2D eigenvalue weighted by Crippen LogP contribution is 2.37. The van der Waals surface area contributed by atoms with E-state index in [9.17, 15) is 0 Å². The number of benzene rings is 1. The minimum atomic E-state index is 0.0440. The van der Waals surface area contributed by atoms with Crippen molar-refractivity contribution in [2.75, 3.05) is 27.2 Å². The maximum atomic E-state index is 5.86. The normalized spacial score (nSPS) is 15.8. The van der Waals surface area contributed by atoms with Crippen LogP contribution in [0, 0.1) is 0 Å². The van der Waals surface area contributed by atoms with Crippen LogP contribution in [-0.4, -0.2) is 37.7 Å². The van der Waals surface area contributed by atoms with E-state index in [-0.39, 0.29) is 11.6 Å². The molecular formula is C18H32N2O. The zero-order valence-corrected chi connectivity index (χ0v) is 14.6. The summed E-state index contributed by atoms with van der Waals surface area (Å²) in [5.74, 6) is 0.995. The molecule has 1 aromatic rings. The SMILES string of the molecule is CCCNC(c1ccccc1OCC)C(C)(CC)N(C)C. The maximum absolute atomic E-state index is 5.86. The van der Waals surface area contributed by atoms with Crippen LogP contribution >= 0.6 is 0 Å². The van der Waals surface area contributed by atoms with E-state index in [1.165, 1.54) is 5.56 Å². The summed E-state index contributed by atoms with van der Waals surface area (Å²) >= 11 is 0. The summed E-state index contributed by atoms with van der Waals surface area (Å²) in [6.45, 7) is 10.5. The van der Waals surface area contributed by atoms with Gasteiger partial charge in [-0.3, -0.25) is 0 Å². The number of hydrogen-bond donors (Lipinski definition) is 1. The van der Waals surface area contributed by atoms with Crippen molar-refractivity contribution in [2.24, 2.45) is 0 Å². The molecule has 0 radical (unpaired) electrons. The molecule has 1 N–H and O–H groups in total. The summed E-state index contributed by atoms with van der Waals surface area (Å²) in [5, 5.41) is 3.74. The lowest BCUT2D eigenvalue weighted by Crippen LogP contribution is -2.51. The van der Waals surface area contributed by atoms with Gasteiger partial charge in [-0.25, -0.2) is 0 Å². The van der Waals surface area contributed by atoms with Crippen molar-refractivity contribution in [2.45, 2.75) is 52.1 Å². The fourth-order valence-corrected chi connectivity index (χ4v) is 2.74. The van der Waals surface area contributed by atoms with E-state index in [0.717, 1.165) is 25.1 Å². The highest BCUT2D eigenvalue weighted by Gasteiger charge is 2.36. The van der Waals surface area contributed by atoms with Crippen molar-refractivity contribution < 1.29 is 4.74 Å². The van der Waals surface area contributed by atoms with E-state index >= 15 is 0 Å². The second kappa shape index (κ2) is 8.40. The molecule has 0 spiro atoms. The minimum Gasteiger partial charge on any atom is -0.494 e. The molecule has 3 heteroatoms. The molecule has 0 aromatic heterocycles. The Morgan fingerprint density at radius 3 is 2.38 bits per heavy atom. The Labute approximate surface area is 130 Å². The molecule has 1 aromatic carbocycles. The van der Waals surface area contributed by atoms with Gasteiger partial charge in [0.15, 0.2) is 0 Å². The maximum Gasteiger partial charge on any atom is 0.124 e. The zero-order chi connectivity index (χ0) is 15.9. The molecule has 0 aliphatic rings. The highest BCUT2D eigenvalue weighted by atomic mass is 16.5. The monoisotopic (exact) mass is 292 g/mol. The lowest BCUT2D eigenvalue weighted by molar-refractivity contribution is 0.111. The molecule has 0 fully saturated rings. The molecule has 0 aliphatic heterocycles. The van der Waals surface area contributed by atoms with Crippen LogP contribution in [0.1, 0.15) is 52.1 Å². The van der Waals surface area contributed by atoms with Gasteiger partial charge in [0.25, 0.3) is 0 Å². The molecule has 0 heterocycles. The van der Waals surface area contributed by atoms with E-state index in [4.69, 9.17) is 4.74 Å². The van der Waals surface area contributed by atoms with Gasteiger partial charge >= 0.3 is 0 Å². The van der Waals surface area contributed by atoms with E-state index in [1.807, 2.05) is 13.0 Å². The van der Waals surface area contributed by atoms with Gasteiger partial charge < -0.3 is 15.0 Å². The van der Waals surface area contributed by atoms with Crippen molar-refractivity contribution in [3.63, 3.8) is 0 Å². The van der Waals surface area contributed by atoms with Crippen molar-refractivity contribution in [3.05, 3.63) is 29.8 Å². The third-order valence-electron chi connectivity index (χ3n) is 4.49. The van der Waals surface area contributed by atoms with Crippen molar-refractivity contribution >= 4 is 0 Å². The summed E-state index contributed by atoms with van der Waals surface area (Å²) < 4.78 is 5.86. The Bertz CT molecular complexity index is 419. The fourth-order valence-electron chi connectivity index (χ4n) is 2.74. The fraction of sp³-hybridized carbons (Fsp3) is 0.667. The molecule has 0 aliphatic carbocycles. The first-order chi connectivity index (χ1) is 10.0. The van der Waals surface area contributed by atoms with Crippen LogP contribution in [-0.2, 0) is 0 Å². The van der Waals surface area contributed by atoms with Crippen LogP contribution in [0.3, 0.4) is 0 Å². The third kappa shape index (κ3) is 4.21. The molecule has 0 saturated heterocycles. The smallest absolute Gasteiger partial charge is 0.124 e. The van der Waals surface area contributed by atoms with Crippen molar-refractivity contribution in [1.82, 2.24) is 10.2 Å². The Morgan fingerprint density at radius 1 is 1.19 bits per heavy atom. The van der Waals surface area contributed by atoms with E-state index < -0.39 is 0 Å². The first-order valence-electron chi connectivity index (χ1n) is 8.13. The lowest BCUT2D eigenvalue weighted by Gasteiger charge is -2.43. The molecule has 3 nitrogen and oxygen atoms in total. The third-order valence-corrected chi connectivity index (χ3v) is 4.49. The molecule has 2 atom stereocenters. The molecular weight excluding hydrogens is 260 g/mol. The van der Waals surface area contributed by atoms with Crippen molar-refractivity contribution in [3.8, 4) is 5.75 Å². The molecule has 120 valence electrons. The number of nitrogens with zero attached hydrogens (tertiary/aromatic N) is 1. The van der Waals surface area contributed by atoms with Gasteiger partial charge in [-0.15, -0.1) is 0 Å². The van der Waals surface area contributed by atoms with Crippen LogP contribution in [0.4, 0.5) is 0 Å². The zero-order valence-electron chi connectivity index (χ0n) is 14.6. The molecule has 0 bridgehead atoms. The Kier molecular flexibility index (Phi) is 7.20. The predicted octanol–water partition coefficient (Wildman–Crippen LogP) is 3.86. The van der Waals surface area contributed by atoms with Crippen LogP contribution in [0.15, 0.2) is 24.3 Å². The standard InChI is InChI=1S/C18H32N2O/c1-7-14-19-17(18(4,8-2)20(5)6)15-12-10-11-13-16(15)21-9-3/h10-13,17,19H,7-9,14H2,1-6H3. The number of ether oxygens (including phenoxy) is 1. The van der Waals surface area contributed by atoms with Gasteiger partial charge in [-0.1, -0.05) is 32.0 Å². The first kappa shape index (κ1) is 18.0. The Balaban J connectivity index is 3.24. The summed E-state index contributed by atoms with van der Waals surface area (Å²) in [4.78, 5) is 2.32. The number of likely N-dealkylation sites (N-methyl/N-ethyl adjacent to an activating group) is 1. The van der Waals surface area contributed by atoms with Crippen LogP contribution in [0.5, 0.6) is 5.75 Å². The first-order valence-corrected chi connectivity index (χ1v) is 8.13. The Hall–Kier alpha value is -1.06. The van der Waals surface area contributed by atoms with Crippen molar-refractivity contribution in [1.29, 1.82) is 0 Å². The minimum absolute atomic E-state index is 0.0440. The topological polar surface area (TPSA) is 24.5 Å². The van der Waals surface area contributed by atoms with E-state index in [2.05, 4.69) is 63.3 Å². The van der Waals surface area contributed by atoms with Crippen LogP contribution < -0.4 is 10.1 Å². The molecule has 1 rings (SSSR count). The quantitative estimate of drug-likeness (QED) is 0.748. The average molecular weight is 292 g/mol. The second-order valence-electron chi connectivity index (χ2n) is 5.96. The van der Waals surface area contributed by atoms with E-state index in [0.29, 0.717) is 6.61 Å². The van der Waals surface area contributed by atoms with Gasteiger partial charge in [-0.2, -0.15) is 0 Å². The number of hydrogen-bond acceptors (Lipinski definition) is 3. The number of para-hydroxylation sites is 1. The number of rotatable bonds is 9. The summed E-state index contributed by atoms with van der Waals surface area (Å²) in [7, 11) is 4.32. The largest absolute Gasteiger partial charge is 0.494 e. The van der Waals surface area contributed by atoms with Gasteiger partial charge in [0.05, 0.1) is 12.6 Å². The Morgan fingerprint density at radius 2 is 1.86 bits per heavy atom. The van der Waals surface area contributed by atoms with Gasteiger partial charge in [0.2, 0.25) is 0 Å². The second-order valence-corrected chi connectivity index (χ2v) is 5.96. The summed E-state index contributed by atoms with van der Waals surface area (Å²) in [5.41, 5.74) is 1.30. The van der Waals surface area contributed by atoms with Gasteiger partial charge in [-0.05, 0) is 53.4 Å². The van der Waals surface area contributed by atoms with Gasteiger partial charge in [0, 0.05) is 11.1 Å². The van der Waals surface area contributed by atoms with Crippen LogP contribution in [0.2, 0.25) is 0 Å². The van der Waals surface area contributed by atoms with Gasteiger partial charge in [0.1, 0.15) is 5.75 Å². The lowest BCUT2D eigenvalue weighted by atomic mass is 9.83. The van der Waals surface area contributed by atoms with Crippen LogP contribution in [0.25, 0.3) is 0 Å². The molecule has 21 heavy (non-hydrogen) atoms. The summed E-state index contributed by atoms with van der Waals surface area (Å²) in [6.07, 6.45) is 2.20. The molecule has 0 amide bonds. The molecule has 0 saturated carbocycles. The van der Waals surface area contributed by atoms with E-state index in [1.54, 1.807) is 0 Å². The number of nitrogens with one attached hydrogen (secondary N) is 1. The highest BCUT2D eigenvalue weighted by molar-refractivity contribution is 5.38. The average Bonchev–Trinajstić information content (AvgIpc) is 2.48. The summed E-state index contributed by atoms with van der Waals surface area (Å²) in [6, 6.07) is 8.66.